The average Bonchev–Trinajstić information content (AvgIpc) is 2.96. The molecule has 6 heteroatoms. The predicted octanol–water partition coefficient (Wildman–Crippen LogP) is 3.04. The molecule has 126 valence electrons. The first-order chi connectivity index (χ1) is 11.0. The van der Waals surface area contributed by atoms with Crippen molar-refractivity contribution in [2.45, 2.75) is 33.2 Å². The van der Waals surface area contributed by atoms with Gasteiger partial charge in [-0.2, -0.15) is 0 Å². The lowest BCUT2D eigenvalue weighted by Gasteiger charge is -2.22. The molecule has 6 nitrogen and oxygen atoms in total. The van der Waals surface area contributed by atoms with Gasteiger partial charge in [0, 0.05) is 38.8 Å². The van der Waals surface area contributed by atoms with Crippen molar-refractivity contribution in [3.63, 3.8) is 0 Å². The number of non-ortho nitro benzene ring substituents is 1. The third-order valence-electron chi connectivity index (χ3n) is 4.20. The van der Waals surface area contributed by atoms with E-state index >= 15 is 0 Å². The van der Waals surface area contributed by atoms with Gasteiger partial charge in [-0.15, -0.1) is 0 Å². The lowest BCUT2D eigenvalue weighted by molar-refractivity contribution is -0.384. The van der Waals surface area contributed by atoms with Crippen LogP contribution in [0.3, 0.4) is 0 Å². The van der Waals surface area contributed by atoms with Crippen LogP contribution in [0.2, 0.25) is 0 Å². The van der Waals surface area contributed by atoms with Gasteiger partial charge in [-0.05, 0) is 30.2 Å². The van der Waals surface area contributed by atoms with Gasteiger partial charge in [-0.1, -0.05) is 26.0 Å². The molecule has 0 aliphatic carbocycles. The average molecular weight is 318 g/mol. The minimum atomic E-state index is -0.380. The molecule has 0 radical (unpaired) electrons. The van der Waals surface area contributed by atoms with Gasteiger partial charge in [0.1, 0.15) is 0 Å². The van der Waals surface area contributed by atoms with Gasteiger partial charge in [0.15, 0.2) is 5.96 Å². The Balaban J connectivity index is 1.87. The zero-order valence-electron chi connectivity index (χ0n) is 14.2. The number of aliphatic imine (C=N–C) groups is 1. The van der Waals surface area contributed by atoms with Gasteiger partial charge in [0.05, 0.1) is 4.92 Å². The van der Waals surface area contributed by atoms with Crippen molar-refractivity contribution in [2.75, 3.05) is 20.1 Å². The van der Waals surface area contributed by atoms with E-state index in [0.29, 0.717) is 6.54 Å². The third-order valence-corrected chi connectivity index (χ3v) is 4.20. The van der Waals surface area contributed by atoms with Crippen molar-refractivity contribution in [3.05, 3.63) is 39.9 Å². The topological polar surface area (TPSA) is 70.8 Å². The van der Waals surface area contributed by atoms with Crippen LogP contribution in [0.4, 0.5) is 5.69 Å². The van der Waals surface area contributed by atoms with E-state index in [9.17, 15) is 10.1 Å². The first-order valence-corrected chi connectivity index (χ1v) is 8.18. The molecule has 0 aromatic heterocycles. The van der Waals surface area contributed by atoms with Gasteiger partial charge < -0.3 is 10.2 Å². The number of likely N-dealkylation sites (tertiary alicyclic amines) is 1. The number of hydrogen-bond acceptors (Lipinski definition) is 3. The predicted molar refractivity (Wildman–Crippen MR) is 92.4 cm³/mol. The summed E-state index contributed by atoms with van der Waals surface area (Å²) in [5.74, 6) is 2.39. The molecule has 0 saturated carbocycles. The molecule has 1 atom stereocenters. The fourth-order valence-electron chi connectivity index (χ4n) is 3.13. The van der Waals surface area contributed by atoms with Crippen LogP contribution in [0.5, 0.6) is 0 Å². The Morgan fingerprint density at radius 3 is 2.70 bits per heavy atom. The minimum absolute atomic E-state index is 0.120. The van der Waals surface area contributed by atoms with Gasteiger partial charge in [-0.25, -0.2) is 0 Å². The number of nitro benzene ring substituents is 1. The highest BCUT2D eigenvalue weighted by Gasteiger charge is 2.25. The van der Waals surface area contributed by atoms with Gasteiger partial charge in [0.25, 0.3) is 5.69 Å². The summed E-state index contributed by atoms with van der Waals surface area (Å²) in [5.41, 5.74) is 1.13. The summed E-state index contributed by atoms with van der Waals surface area (Å²) in [7, 11) is 1.80. The largest absolute Gasteiger partial charge is 0.352 e. The van der Waals surface area contributed by atoms with E-state index in [4.69, 9.17) is 0 Å². The zero-order valence-corrected chi connectivity index (χ0v) is 14.2. The van der Waals surface area contributed by atoms with E-state index in [2.05, 4.69) is 29.1 Å². The first kappa shape index (κ1) is 17.2. The quantitative estimate of drug-likeness (QED) is 0.392. The molecule has 0 spiro atoms. The molecular weight excluding hydrogens is 292 g/mol. The van der Waals surface area contributed by atoms with E-state index in [-0.39, 0.29) is 10.6 Å². The zero-order chi connectivity index (χ0) is 16.8. The fraction of sp³-hybridized carbons (Fsp3) is 0.588. The number of benzene rings is 1. The lowest BCUT2D eigenvalue weighted by atomic mass is 9.97. The number of guanidine groups is 1. The van der Waals surface area contributed by atoms with Crippen molar-refractivity contribution in [1.29, 1.82) is 0 Å². The summed E-state index contributed by atoms with van der Waals surface area (Å²) in [4.78, 5) is 17.0. The van der Waals surface area contributed by atoms with Crippen LogP contribution < -0.4 is 5.32 Å². The van der Waals surface area contributed by atoms with Crippen molar-refractivity contribution in [1.82, 2.24) is 10.2 Å². The molecule has 1 N–H and O–H groups in total. The van der Waals surface area contributed by atoms with Crippen molar-refractivity contribution >= 4 is 11.6 Å². The molecule has 0 bridgehead atoms. The highest BCUT2D eigenvalue weighted by Crippen LogP contribution is 2.23. The molecular formula is C17H26N4O2. The monoisotopic (exact) mass is 318 g/mol. The van der Waals surface area contributed by atoms with Crippen molar-refractivity contribution in [3.8, 4) is 0 Å². The highest BCUT2D eigenvalue weighted by atomic mass is 16.6. The summed E-state index contributed by atoms with van der Waals surface area (Å²) in [6, 6.07) is 6.64. The van der Waals surface area contributed by atoms with E-state index in [1.54, 1.807) is 19.2 Å². The molecule has 1 aliphatic rings. The van der Waals surface area contributed by atoms with Crippen LogP contribution in [-0.2, 0) is 6.54 Å². The molecule has 1 fully saturated rings. The van der Waals surface area contributed by atoms with Crippen molar-refractivity contribution in [2.24, 2.45) is 16.8 Å². The van der Waals surface area contributed by atoms with Gasteiger partial charge >= 0.3 is 0 Å². The SMILES string of the molecule is CN=C(NCc1ccc([N+](=O)[O-])cc1)N1CCC(CC(C)C)C1. The summed E-state index contributed by atoms with van der Waals surface area (Å²) in [6.07, 6.45) is 2.48. The molecule has 1 aromatic carbocycles. The molecule has 1 aliphatic heterocycles. The van der Waals surface area contributed by atoms with Gasteiger partial charge in [-0.3, -0.25) is 15.1 Å². The smallest absolute Gasteiger partial charge is 0.269 e. The van der Waals surface area contributed by atoms with E-state index in [1.165, 1.54) is 25.0 Å². The molecule has 1 saturated heterocycles. The summed E-state index contributed by atoms with van der Waals surface area (Å²) in [5, 5.41) is 14.0. The molecule has 2 rings (SSSR count). The minimum Gasteiger partial charge on any atom is -0.352 e. The summed E-state index contributed by atoms with van der Waals surface area (Å²) >= 11 is 0. The Kier molecular flexibility index (Phi) is 5.96. The molecule has 1 aromatic rings. The Labute approximate surface area is 137 Å². The Hall–Kier alpha value is -2.11. The molecule has 1 unspecified atom stereocenters. The van der Waals surface area contributed by atoms with Crippen LogP contribution in [-0.4, -0.2) is 35.9 Å². The van der Waals surface area contributed by atoms with E-state index in [0.717, 1.165) is 36.4 Å². The second-order valence-corrected chi connectivity index (χ2v) is 6.55. The standard InChI is InChI=1S/C17H26N4O2/c1-13(2)10-15-8-9-20(12-15)17(18-3)19-11-14-4-6-16(7-5-14)21(22)23/h4-7,13,15H,8-12H2,1-3H3,(H,18,19). The van der Waals surface area contributed by atoms with E-state index < -0.39 is 0 Å². The molecule has 23 heavy (non-hydrogen) atoms. The van der Waals surface area contributed by atoms with Crippen LogP contribution in [0, 0.1) is 22.0 Å². The normalized spacial score (nSPS) is 18.5. The Morgan fingerprint density at radius 1 is 1.43 bits per heavy atom. The van der Waals surface area contributed by atoms with Crippen molar-refractivity contribution < 1.29 is 4.92 Å². The fourth-order valence-corrected chi connectivity index (χ4v) is 3.13. The summed E-state index contributed by atoms with van der Waals surface area (Å²) in [6.45, 7) is 7.25. The molecule has 1 heterocycles. The maximum atomic E-state index is 10.7. The Bertz CT molecular complexity index is 554. The number of nitrogens with zero attached hydrogens (tertiary/aromatic N) is 3. The maximum absolute atomic E-state index is 10.7. The highest BCUT2D eigenvalue weighted by molar-refractivity contribution is 5.80. The number of rotatable bonds is 5. The number of hydrogen-bond donors (Lipinski definition) is 1. The van der Waals surface area contributed by atoms with Crippen LogP contribution in [0.25, 0.3) is 0 Å². The van der Waals surface area contributed by atoms with Crippen LogP contribution in [0.15, 0.2) is 29.3 Å². The second kappa shape index (κ2) is 7.94. The lowest BCUT2D eigenvalue weighted by Crippen LogP contribution is -2.39. The summed E-state index contributed by atoms with van der Waals surface area (Å²) < 4.78 is 0. The molecule has 0 amide bonds. The number of nitro groups is 1. The number of nitrogens with one attached hydrogen (secondary N) is 1. The first-order valence-electron chi connectivity index (χ1n) is 8.18. The van der Waals surface area contributed by atoms with Crippen LogP contribution in [0.1, 0.15) is 32.3 Å². The Morgan fingerprint density at radius 2 is 2.13 bits per heavy atom. The van der Waals surface area contributed by atoms with Gasteiger partial charge in [0.2, 0.25) is 0 Å². The second-order valence-electron chi connectivity index (χ2n) is 6.55. The van der Waals surface area contributed by atoms with Crippen LogP contribution >= 0.6 is 0 Å². The third kappa shape index (κ3) is 4.94. The maximum Gasteiger partial charge on any atom is 0.269 e. The van der Waals surface area contributed by atoms with E-state index in [1.807, 2.05) is 0 Å².